The van der Waals surface area contributed by atoms with Gasteiger partial charge in [0.05, 0.1) is 0 Å². The molecule has 0 spiro atoms. The Morgan fingerprint density at radius 2 is 2.06 bits per heavy atom. The number of hydrogen-bond acceptors (Lipinski definition) is 5. The predicted molar refractivity (Wildman–Crippen MR) is 68.5 cm³/mol. The summed E-state index contributed by atoms with van der Waals surface area (Å²) in [7, 11) is 0. The van der Waals surface area contributed by atoms with Crippen molar-refractivity contribution in [1.82, 2.24) is 15.0 Å². The lowest BCUT2D eigenvalue weighted by Gasteiger charge is -1.99. The highest BCUT2D eigenvalue weighted by Gasteiger charge is 2.07. The maximum absolute atomic E-state index is 5.63. The van der Waals surface area contributed by atoms with Gasteiger partial charge in [-0.05, 0) is 11.6 Å². The van der Waals surface area contributed by atoms with Gasteiger partial charge in [-0.25, -0.2) is 15.0 Å². The van der Waals surface area contributed by atoms with Crippen LogP contribution in [0.4, 0.5) is 0 Å². The number of rotatable bonds is 2. The fourth-order valence-electron chi connectivity index (χ4n) is 1.63. The van der Waals surface area contributed by atoms with Crippen LogP contribution >= 0.6 is 11.3 Å². The van der Waals surface area contributed by atoms with Crippen LogP contribution in [0, 0.1) is 0 Å². The molecule has 84 valence electrons. The number of aromatic nitrogens is 3. The zero-order valence-corrected chi connectivity index (χ0v) is 9.81. The van der Waals surface area contributed by atoms with Crippen molar-refractivity contribution in [3.63, 3.8) is 0 Å². The SMILES string of the molecule is NCc1cccc(-c2nc3nccnc3s2)c1. The second-order valence-electron chi connectivity index (χ2n) is 3.61. The standard InChI is InChI=1S/C12H10N4S/c13-7-8-2-1-3-9(6-8)11-16-10-12(17-11)15-5-4-14-10/h1-6H,7,13H2. The van der Waals surface area contributed by atoms with Gasteiger partial charge in [-0.15, -0.1) is 0 Å². The van der Waals surface area contributed by atoms with Gasteiger partial charge in [0, 0.05) is 24.5 Å². The topological polar surface area (TPSA) is 64.7 Å². The number of nitrogens with two attached hydrogens (primary N) is 1. The molecule has 0 aliphatic carbocycles. The van der Waals surface area contributed by atoms with Crippen LogP contribution < -0.4 is 5.73 Å². The van der Waals surface area contributed by atoms with Gasteiger partial charge < -0.3 is 5.73 Å². The first-order valence-corrected chi connectivity index (χ1v) is 6.05. The van der Waals surface area contributed by atoms with E-state index in [9.17, 15) is 0 Å². The van der Waals surface area contributed by atoms with Crippen LogP contribution in [-0.2, 0) is 6.54 Å². The zero-order chi connectivity index (χ0) is 11.7. The Labute approximate surface area is 102 Å². The summed E-state index contributed by atoms with van der Waals surface area (Å²) in [5, 5.41) is 0.932. The molecule has 5 heteroatoms. The summed E-state index contributed by atoms with van der Waals surface area (Å²) in [6.07, 6.45) is 3.34. The first-order valence-electron chi connectivity index (χ1n) is 5.24. The van der Waals surface area contributed by atoms with Crippen LogP contribution in [-0.4, -0.2) is 15.0 Å². The van der Waals surface area contributed by atoms with Crippen molar-refractivity contribution in [2.45, 2.75) is 6.54 Å². The van der Waals surface area contributed by atoms with Crippen LogP contribution in [0.15, 0.2) is 36.7 Å². The normalized spacial score (nSPS) is 10.9. The molecule has 0 saturated carbocycles. The zero-order valence-electron chi connectivity index (χ0n) is 9.00. The number of fused-ring (bicyclic) bond motifs is 1. The molecule has 1 aromatic carbocycles. The van der Waals surface area contributed by atoms with E-state index in [2.05, 4.69) is 21.0 Å². The molecule has 3 aromatic rings. The molecule has 17 heavy (non-hydrogen) atoms. The molecule has 0 aliphatic rings. The molecular weight excluding hydrogens is 232 g/mol. The largest absolute Gasteiger partial charge is 0.326 e. The van der Waals surface area contributed by atoms with Gasteiger partial charge in [0.25, 0.3) is 0 Å². The summed E-state index contributed by atoms with van der Waals surface area (Å²) < 4.78 is 0. The number of thiazole rings is 1. The summed E-state index contributed by atoms with van der Waals surface area (Å²) in [6.45, 7) is 0.537. The third kappa shape index (κ3) is 1.90. The minimum Gasteiger partial charge on any atom is -0.326 e. The van der Waals surface area contributed by atoms with Crippen molar-refractivity contribution in [2.24, 2.45) is 5.73 Å². The fraction of sp³-hybridized carbons (Fsp3) is 0.0833. The van der Waals surface area contributed by atoms with Crippen LogP contribution in [0.25, 0.3) is 21.0 Å². The Kier molecular flexibility index (Phi) is 2.55. The third-order valence-electron chi connectivity index (χ3n) is 2.46. The Morgan fingerprint density at radius 3 is 2.88 bits per heavy atom. The van der Waals surface area contributed by atoms with E-state index in [1.165, 1.54) is 0 Å². The molecule has 2 aromatic heterocycles. The average molecular weight is 242 g/mol. The van der Waals surface area contributed by atoms with Gasteiger partial charge in [0.15, 0.2) is 10.5 Å². The van der Waals surface area contributed by atoms with Crippen molar-refractivity contribution in [3.8, 4) is 10.6 Å². The Balaban J connectivity index is 2.13. The average Bonchev–Trinajstić information content (AvgIpc) is 2.82. The molecule has 0 saturated heterocycles. The van der Waals surface area contributed by atoms with Crippen LogP contribution in [0.1, 0.15) is 5.56 Å². The maximum atomic E-state index is 5.63. The summed E-state index contributed by atoms with van der Waals surface area (Å²) in [5.41, 5.74) is 8.50. The van der Waals surface area contributed by atoms with Crippen molar-refractivity contribution in [3.05, 3.63) is 42.2 Å². The summed E-state index contributed by atoms with van der Waals surface area (Å²) >= 11 is 1.54. The van der Waals surface area contributed by atoms with E-state index in [4.69, 9.17) is 5.73 Å². The van der Waals surface area contributed by atoms with Crippen LogP contribution in [0.2, 0.25) is 0 Å². The minimum atomic E-state index is 0.537. The molecule has 0 bridgehead atoms. The smallest absolute Gasteiger partial charge is 0.190 e. The minimum absolute atomic E-state index is 0.537. The predicted octanol–water partition coefficient (Wildman–Crippen LogP) is 2.21. The van der Waals surface area contributed by atoms with Crippen molar-refractivity contribution >= 4 is 21.8 Å². The van der Waals surface area contributed by atoms with Gasteiger partial charge >= 0.3 is 0 Å². The fourth-order valence-corrected chi connectivity index (χ4v) is 2.50. The molecule has 0 radical (unpaired) electrons. The summed E-state index contributed by atoms with van der Waals surface area (Å²) in [4.78, 5) is 13.7. The molecule has 2 N–H and O–H groups in total. The second kappa shape index (κ2) is 4.20. The van der Waals surface area contributed by atoms with Gasteiger partial charge in [0.2, 0.25) is 0 Å². The highest BCUT2D eigenvalue weighted by molar-refractivity contribution is 7.21. The van der Waals surface area contributed by atoms with E-state index in [0.717, 1.165) is 21.0 Å². The molecule has 4 nitrogen and oxygen atoms in total. The van der Waals surface area contributed by atoms with Gasteiger partial charge in [-0.1, -0.05) is 29.5 Å². The van der Waals surface area contributed by atoms with Crippen molar-refractivity contribution in [2.75, 3.05) is 0 Å². The molecule has 0 unspecified atom stereocenters. The first-order chi connectivity index (χ1) is 8.36. The van der Waals surface area contributed by atoms with Crippen molar-refractivity contribution in [1.29, 1.82) is 0 Å². The van der Waals surface area contributed by atoms with Crippen LogP contribution in [0.5, 0.6) is 0 Å². The molecule has 2 heterocycles. The van der Waals surface area contributed by atoms with Crippen molar-refractivity contribution < 1.29 is 0 Å². The lowest BCUT2D eigenvalue weighted by Crippen LogP contribution is -1.95. The van der Waals surface area contributed by atoms with E-state index >= 15 is 0 Å². The third-order valence-corrected chi connectivity index (χ3v) is 3.46. The van der Waals surface area contributed by atoms with E-state index in [1.807, 2.05) is 18.2 Å². The molecule has 3 rings (SSSR count). The molecular formula is C12H10N4S. The highest BCUT2D eigenvalue weighted by atomic mass is 32.1. The van der Waals surface area contributed by atoms with E-state index in [-0.39, 0.29) is 0 Å². The van der Waals surface area contributed by atoms with Gasteiger partial charge in [0.1, 0.15) is 5.01 Å². The summed E-state index contributed by atoms with van der Waals surface area (Å²) in [5.74, 6) is 0. The maximum Gasteiger partial charge on any atom is 0.190 e. The number of hydrogen-bond donors (Lipinski definition) is 1. The quantitative estimate of drug-likeness (QED) is 0.748. The lowest BCUT2D eigenvalue weighted by molar-refractivity contribution is 1.07. The molecule has 0 atom stereocenters. The Morgan fingerprint density at radius 1 is 1.18 bits per heavy atom. The first kappa shape index (κ1) is 10.3. The van der Waals surface area contributed by atoms with E-state index in [0.29, 0.717) is 12.2 Å². The second-order valence-corrected chi connectivity index (χ2v) is 4.59. The van der Waals surface area contributed by atoms with E-state index in [1.54, 1.807) is 23.7 Å². The Hall–Kier alpha value is -1.85. The highest BCUT2D eigenvalue weighted by Crippen LogP contribution is 2.28. The number of benzene rings is 1. The molecule has 0 fully saturated rings. The van der Waals surface area contributed by atoms with Crippen LogP contribution in [0.3, 0.4) is 0 Å². The van der Waals surface area contributed by atoms with Gasteiger partial charge in [-0.2, -0.15) is 0 Å². The molecule has 0 amide bonds. The number of nitrogens with zero attached hydrogens (tertiary/aromatic N) is 3. The monoisotopic (exact) mass is 242 g/mol. The van der Waals surface area contributed by atoms with Gasteiger partial charge in [-0.3, -0.25) is 0 Å². The summed E-state index contributed by atoms with van der Waals surface area (Å²) in [6, 6.07) is 8.08. The lowest BCUT2D eigenvalue weighted by atomic mass is 10.1. The Bertz CT molecular complexity index is 629. The molecule has 0 aliphatic heterocycles. The van der Waals surface area contributed by atoms with E-state index < -0.39 is 0 Å².